The molecule has 2 aromatic carbocycles. The number of anilines is 2. The van der Waals surface area contributed by atoms with E-state index in [4.69, 9.17) is 45.4 Å². The van der Waals surface area contributed by atoms with Crippen LogP contribution in [0.5, 0.6) is 0 Å². The van der Waals surface area contributed by atoms with Crippen LogP contribution in [-0.4, -0.2) is 57.1 Å². The fourth-order valence-corrected chi connectivity index (χ4v) is 6.91. The standard InChI is InChI=1S/C32H32Cl2N8O5/c1-32(14-17-4-6-18(15-35)7-5-17)30(47)41(22-12-20(33)11-21(34)13-22)31-39-25(26(28(38)45)42(31)32)23(8-9-24(36)43)29(46)40-10-2-3-19(16-40)27(37)44/h4-7,11-13,19,23H,2-3,8-10,14,16H2,1H3,(H2,36,43)(H2,37,44)(H2,38,45)/t19?,23-,32+/m0/s1. The number of likely N-dealkylation sites (tertiary alicyclic amines) is 1. The molecule has 15 heteroatoms. The minimum atomic E-state index is -1.52. The fraction of sp³-hybridized carbons (Fsp3) is 0.344. The van der Waals surface area contributed by atoms with E-state index in [-0.39, 0.29) is 58.9 Å². The Bertz CT molecular complexity index is 1820. The van der Waals surface area contributed by atoms with Crippen LogP contribution in [0.25, 0.3) is 0 Å². The summed E-state index contributed by atoms with van der Waals surface area (Å²) in [6.45, 7) is 1.99. The van der Waals surface area contributed by atoms with E-state index in [9.17, 15) is 29.2 Å². The van der Waals surface area contributed by atoms with Gasteiger partial charge >= 0.3 is 0 Å². The van der Waals surface area contributed by atoms with Gasteiger partial charge in [0.05, 0.1) is 34.8 Å². The number of amides is 5. The van der Waals surface area contributed by atoms with E-state index in [0.29, 0.717) is 30.5 Å². The number of rotatable bonds is 10. The predicted molar refractivity (Wildman–Crippen MR) is 173 cm³/mol. The second-order valence-electron chi connectivity index (χ2n) is 12.0. The first kappa shape index (κ1) is 33.4. The summed E-state index contributed by atoms with van der Waals surface area (Å²) in [4.78, 5) is 73.4. The Morgan fingerprint density at radius 2 is 1.74 bits per heavy atom. The first-order chi connectivity index (χ1) is 22.2. The largest absolute Gasteiger partial charge is 0.370 e. The Morgan fingerprint density at radius 1 is 1.09 bits per heavy atom. The monoisotopic (exact) mass is 678 g/mol. The summed E-state index contributed by atoms with van der Waals surface area (Å²) in [7, 11) is 0. The van der Waals surface area contributed by atoms with E-state index in [2.05, 4.69) is 6.07 Å². The van der Waals surface area contributed by atoms with Gasteiger partial charge in [0.25, 0.3) is 11.8 Å². The normalized spacial score (nSPS) is 19.6. The number of nitrogens with zero attached hydrogens (tertiary/aromatic N) is 5. The second-order valence-corrected chi connectivity index (χ2v) is 12.8. The van der Waals surface area contributed by atoms with Crippen molar-refractivity contribution in [3.8, 4) is 6.07 Å². The van der Waals surface area contributed by atoms with Crippen molar-refractivity contribution < 1.29 is 24.0 Å². The van der Waals surface area contributed by atoms with Crippen LogP contribution in [0, 0.1) is 17.2 Å². The summed E-state index contributed by atoms with van der Waals surface area (Å²) < 4.78 is 1.41. The molecule has 244 valence electrons. The molecule has 3 aromatic rings. The zero-order chi connectivity index (χ0) is 34.2. The van der Waals surface area contributed by atoms with Crippen LogP contribution in [0.15, 0.2) is 42.5 Å². The molecule has 3 atom stereocenters. The Kier molecular flexibility index (Phi) is 9.29. The number of halogens is 2. The van der Waals surface area contributed by atoms with Crippen LogP contribution in [0.1, 0.15) is 65.8 Å². The maximum atomic E-state index is 14.4. The number of piperidine rings is 1. The Labute approximate surface area is 280 Å². The molecule has 1 unspecified atom stereocenters. The zero-order valence-electron chi connectivity index (χ0n) is 25.4. The number of fused-ring (bicyclic) bond motifs is 1. The number of hydrogen-bond donors (Lipinski definition) is 3. The molecule has 2 aliphatic rings. The highest BCUT2D eigenvalue weighted by Crippen LogP contribution is 2.46. The number of primary amides is 3. The molecule has 3 heterocycles. The molecule has 5 amide bonds. The van der Waals surface area contributed by atoms with Gasteiger partial charge in [0.1, 0.15) is 11.2 Å². The predicted octanol–water partition coefficient (Wildman–Crippen LogP) is 2.87. The maximum Gasteiger partial charge on any atom is 0.267 e. The molecule has 0 saturated carbocycles. The average molecular weight is 680 g/mol. The van der Waals surface area contributed by atoms with Crippen molar-refractivity contribution >= 4 is 64.4 Å². The van der Waals surface area contributed by atoms with Crippen molar-refractivity contribution in [3.63, 3.8) is 0 Å². The maximum absolute atomic E-state index is 14.4. The van der Waals surface area contributed by atoms with Gasteiger partial charge in [-0.15, -0.1) is 0 Å². The van der Waals surface area contributed by atoms with Crippen molar-refractivity contribution in [1.82, 2.24) is 14.5 Å². The number of nitrogens with two attached hydrogens (primary N) is 3. The van der Waals surface area contributed by atoms with E-state index in [1.807, 2.05) is 0 Å². The molecule has 0 aliphatic carbocycles. The van der Waals surface area contributed by atoms with Crippen molar-refractivity contribution in [2.24, 2.45) is 23.1 Å². The summed E-state index contributed by atoms with van der Waals surface area (Å²) in [5, 5.41) is 9.74. The molecule has 0 radical (unpaired) electrons. The first-order valence-electron chi connectivity index (χ1n) is 14.8. The molecule has 1 saturated heterocycles. The number of imidazole rings is 1. The summed E-state index contributed by atoms with van der Waals surface area (Å²) in [6.07, 6.45) is 0.733. The topological polar surface area (TPSA) is 212 Å². The van der Waals surface area contributed by atoms with Gasteiger partial charge in [-0.2, -0.15) is 5.26 Å². The molecular weight excluding hydrogens is 647 g/mol. The van der Waals surface area contributed by atoms with Crippen molar-refractivity contribution in [2.45, 2.75) is 50.5 Å². The van der Waals surface area contributed by atoms with Gasteiger partial charge in [-0.05, 0) is 62.1 Å². The third kappa shape index (κ3) is 6.39. The lowest BCUT2D eigenvalue weighted by molar-refractivity contribution is -0.136. The lowest BCUT2D eigenvalue weighted by Gasteiger charge is -2.34. The van der Waals surface area contributed by atoms with E-state index in [1.165, 1.54) is 32.6 Å². The smallest absolute Gasteiger partial charge is 0.267 e. The van der Waals surface area contributed by atoms with Gasteiger partial charge in [-0.3, -0.25) is 28.5 Å². The number of aromatic nitrogens is 2. The summed E-state index contributed by atoms with van der Waals surface area (Å²) in [6, 6.07) is 13.2. The number of carbonyl (C=O) groups is 5. The molecular formula is C32H32Cl2N8O5. The van der Waals surface area contributed by atoms with Crippen LogP contribution in [-0.2, 0) is 31.1 Å². The van der Waals surface area contributed by atoms with Crippen molar-refractivity contribution in [2.75, 3.05) is 18.0 Å². The van der Waals surface area contributed by atoms with Gasteiger partial charge < -0.3 is 22.1 Å². The van der Waals surface area contributed by atoms with Crippen LogP contribution in [0.2, 0.25) is 10.0 Å². The third-order valence-corrected chi connectivity index (χ3v) is 9.09. The van der Waals surface area contributed by atoms with Gasteiger partial charge in [0.2, 0.25) is 23.7 Å². The third-order valence-electron chi connectivity index (χ3n) is 8.66. The lowest BCUT2D eigenvalue weighted by atomic mass is 9.89. The van der Waals surface area contributed by atoms with E-state index < -0.39 is 46.9 Å². The molecule has 47 heavy (non-hydrogen) atoms. The zero-order valence-corrected chi connectivity index (χ0v) is 26.9. The molecule has 5 rings (SSSR count). The van der Waals surface area contributed by atoms with Crippen LogP contribution < -0.4 is 22.1 Å². The van der Waals surface area contributed by atoms with Crippen LogP contribution in [0.4, 0.5) is 11.6 Å². The van der Waals surface area contributed by atoms with Gasteiger partial charge in [0.15, 0.2) is 0 Å². The van der Waals surface area contributed by atoms with E-state index >= 15 is 0 Å². The highest BCUT2D eigenvalue weighted by Gasteiger charge is 2.53. The second kappa shape index (κ2) is 13.1. The minimum absolute atomic E-state index is 0.0150. The SMILES string of the molecule is C[C@@]1(Cc2ccc(C#N)cc2)C(=O)N(c2cc(Cl)cc(Cl)c2)c2nc([C@H](CCC(N)=O)C(=O)N3CCCC(C(N)=O)C3)c(C(N)=O)n21. The van der Waals surface area contributed by atoms with Crippen molar-refractivity contribution in [3.05, 3.63) is 75.0 Å². The highest BCUT2D eigenvalue weighted by atomic mass is 35.5. The summed E-state index contributed by atoms with van der Waals surface area (Å²) in [5.74, 6) is -4.93. The van der Waals surface area contributed by atoms with Gasteiger partial charge in [-0.25, -0.2) is 9.88 Å². The Hall–Kier alpha value is -4.93. The van der Waals surface area contributed by atoms with Crippen LogP contribution in [0.3, 0.4) is 0 Å². The van der Waals surface area contributed by atoms with Crippen LogP contribution >= 0.6 is 23.2 Å². The number of benzene rings is 2. The van der Waals surface area contributed by atoms with E-state index in [1.54, 1.807) is 31.2 Å². The molecule has 2 aliphatic heterocycles. The quantitative estimate of drug-likeness (QED) is 0.291. The van der Waals surface area contributed by atoms with Gasteiger partial charge in [0, 0.05) is 36.0 Å². The minimum Gasteiger partial charge on any atom is -0.370 e. The fourth-order valence-electron chi connectivity index (χ4n) is 6.39. The number of carbonyl (C=O) groups excluding carboxylic acids is 5. The van der Waals surface area contributed by atoms with Gasteiger partial charge in [-0.1, -0.05) is 35.3 Å². The molecule has 6 N–H and O–H groups in total. The molecule has 0 spiro atoms. The number of hydrogen-bond acceptors (Lipinski definition) is 7. The Morgan fingerprint density at radius 3 is 2.32 bits per heavy atom. The molecule has 13 nitrogen and oxygen atoms in total. The highest BCUT2D eigenvalue weighted by molar-refractivity contribution is 6.35. The summed E-state index contributed by atoms with van der Waals surface area (Å²) >= 11 is 12.7. The molecule has 1 fully saturated rings. The first-order valence-corrected chi connectivity index (χ1v) is 15.6. The van der Waals surface area contributed by atoms with Crippen molar-refractivity contribution in [1.29, 1.82) is 5.26 Å². The summed E-state index contributed by atoms with van der Waals surface area (Å²) in [5.41, 5.74) is 16.6. The lowest BCUT2D eigenvalue weighted by Crippen LogP contribution is -2.46. The molecule has 1 aromatic heterocycles. The number of nitriles is 1. The molecule has 0 bridgehead atoms. The van der Waals surface area contributed by atoms with E-state index in [0.717, 1.165) is 0 Å². The average Bonchev–Trinajstić information content (AvgIpc) is 3.50. The Balaban J connectivity index is 1.71.